The Hall–Kier alpha value is -2.43. The maximum atomic E-state index is 12.7. The van der Waals surface area contributed by atoms with Crippen molar-refractivity contribution in [3.05, 3.63) is 45.8 Å². The van der Waals surface area contributed by atoms with E-state index in [9.17, 15) is 19.0 Å². The number of nitrogens with one attached hydrogen (secondary N) is 1. The summed E-state index contributed by atoms with van der Waals surface area (Å²) in [6.07, 6.45) is 30.6. The van der Waals surface area contributed by atoms with Gasteiger partial charge in [-0.1, -0.05) is 129 Å². The molecule has 0 saturated heterocycles. The normalized spacial score (nSPS) is 13.1. The summed E-state index contributed by atoms with van der Waals surface area (Å²) in [6, 6.07) is 2.22. The molecular weight excluding hydrogens is 818 g/mol. The van der Waals surface area contributed by atoms with Gasteiger partial charge in [0, 0.05) is 45.1 Å². The minimum atomic E-state index is -4.37. The van der Waals surface area contributed by atoms with E-state index in [-0.39, 0.29) is 32.0 Å². The van der Waals surface area contributed by atoms with Crippen LogP contribution in [0.5, 0.6) is 0 Å². The Morgan fingerprint density at radius 1 is 0.603 bits per heavy atom. The summed E-state index contributed by atoms with van der Waals surface area (Å²) in [5, 5.41) is 2.83. The fraction of sp³-hybridized carbons (Fsp3) is 0.804. The molecule has 0 aliphatic carbocycles. The highest BCUT2D eigenvalue weighted by Crippen LogP contribution is 2.43. The van der Waals surface area contributed by atoms with Crippen LogP contribution in [0.4, 0.5) is 0 Å². The molecular formula is C51H90NO10P. The zero-order valence-electron chi connectivity index (χ0n) is 40.8. The van der Waals surface area contributed by atoms with E-state index in [2.05, 4.69) is 46.0 Å². The molecule has 0 bridgehead atoms. The van der Waals surface area contributed by atoms with Crippen LogP contribution >= 0.6 is 7.82 Å². The summed E-state index contributed by atoms with van der Waals surface area (Å²) in [5.41, 5.74) is 3.96. The SMILES string of the molecule is CCCCCc1cc(C)c(CCCCCCCCCCCCC(=O)O[C@H](COC(=O)CCCCCCCCCCc2oc(CCCCC)c(C)c2C)COP(=O)(O)OCCNC)o1. The molecule has 0 radical (unpaired) electrons. The lowest BCUT2D eigenvalue weighted by Crippen LogP contribution is -2.29. The topological polar surface area (TPSA) is 147 Å². The molecule has 0 amide bonds. The number of aryl methyl sites for hydroxylation is 5. The summed E-state index contributed by atoms with van der Waals surface area (Å²) in [4.78, 5) is 35.4. The van der Waals surface area contributed by atoms with Crippen molar-refractivity contribution >= 4 is 19.8 Å². The monoisotopic (exact) mass is 908 g/mol. The van der Waals surface area contributed by atoms with E-state index in [1.807, 2.05) is 0 Å². The van der Waals surface area contributed by atoms with Gasteiger partial charge in [0.15, 0.2) is 6.10 Å². The highest BCUT2D eigenvalue weighted by atomic mass is 31.2. The number of phosphoric acid groups is 1. The molecule has 2 rings (SSSR count). The molecule has 0 aliphatic rings. The lowest BCUT2D eigenvalue weighted by molar-refractivity contribution is -0.161. The van der Waals surface area contributed by atoms with E-state index in [0.29, 0.717) is 13.0 Å². The molecule has 2 N–H and O–H groups in total. The Bertz CT molecular complexity index is 1520. The number of unbranched alkanes of at least 4 members (excludes halogenated alkanes) is 20. The first-order valence-electron chi connectivity index (χ1n) is 25.3. The molecule has 364 valence electrons. The van der Waals surface area contributed by atoms with Crippen molar-refractivity contribution in [2.45, 2.75) is 233 Å². The number of carbonyl (C=O) groups is 2. The fourth-order valence-corrected chi connectivity index (χ4v) is 8.68. The van der Waals surface area contributed by atoms with Crippen LogP contribution in [0.2, 0.25) is 0 Å². The molecule has 0 aromatic carbocycles. The van der Waals surface area contributed by atoms with E-state index >= 15 is 0 Å². The molecule has 0 fully saturated rings. The second-order valence-corrected chi connectivity index (χ2v) is 19.2. The summed E-state index contributed by atoms with van der Waals surface area (Å²) < 4.78 is 45.8. The Morgan fingerprint density at radius 3 is 1.59 bits per heavy atom. The second-order valence-electron chi connectivity index (χ2n) is 17.8. The van der Waals surface area contributed by atoms with Gasteiger partial charge in [0.25, 0.3) is 0 Å². The Morgan fingerprint density at radius 2 is 1.06 bits per heavy atom. The van der Waals surface area contributed by atoms with E-state index in [1.165, 1.54) is 125 Å². The number of hydrogen-bond donors (Lipinski definition) is 2. The van der Waals surface area contributed by atoms with Gasteiger partial charge in [-0.25, -0.2) is 4.57 Å². The Kier molecular flexibility index (Phi) is 32.2. The van der Waals surface area contributed by atoms with Crippen LogP contribution in [-0.4, -0.2) is 56.3 Å². The summed E-state index contributed by atoms with van der Waals surface area (Å²) in [7, 11) is -2.67. The van der Waals surface area contributed by atoms with Crippen LogP contribution in [0.15, 0.2) is 14.9 Å². The van der Waals surface area contributed by atoms with Crippen LogP contribution in [0, 0.1) is 20.8 Å². The first-order valence-corrected chi connectivity index (χ1v) is 26.8. The molecule has 11 nitrogen and oxygen atoms in total. The number of esters is 2. The molecule has 0 saturated carbocycles. The Balaban J connectivity index is 1.56. The number of carbonyl (C=O) groups excluding carboxylic acids is 2. The number of furan rings is 2. The van der Waals surface area contributed by atoms with Gasteiger partial charge >= 0.3 is 19.8 Å². The van der Waals surface area contributed by atoms with Crippen molar-refractivity contribution in [3.8, 4) is 0 Å². The second kappa shape index (κ2) is 35.8. The van der Waals surface area contributed by atoms with Gasteiger partial charge in [-0.05, 0) is 89.1 Å². The molecule has 0 aliphatic heterocycles. The summed E-state index contributed by atoms with van der Waals surface area (Å²) in [5.74, 6) is 3.82. The van der Waals surface area contributed by atoms with Gasteiger partial charge < -0.3 is 28.5 Å². The van der Waals surface area contributed by atoms with Crippen molar-refractivity contribution in [1.82, 2.24) is 5.32 Å². The van der Waals surface area contributed by atoms with Gasteiger partial charge in [0.1, 0.15) is 29.6 Å². The van der Waals surface area contributed by atoms with Crippen LogP contribution in [0.25, 0.3) is 0 Å². The van der Waals surface area contributed by atoms with E-state index < -0.39 is 26.5 Å². The van der Waals surface area contributed by atoms with Crippen molar-refractivity contribution in [3.63, 3.8) is 0 Å². The van der Waals surface area contributed by atoms with Crippen molar-refractivity contribution in [1.29, 1.82) is 0 Å². The third kappa shape index (κ3) is 27.6. The first-order chi connectivity index (χ1) is 30.5. The number of hydrogen-bond acceptors (Lipinski definition) is 10. The minimum absolute atomic E-state index is 0.0266. The van der Waals surface area contributed by atoms with Crippen molar-refractivity contribution in [2.75, 3.05) is 33.4 Å². The van der Waals surface area contributed by atoms with E-state index in [4.69, 9.17) is 27.4 Å². The third-order valence-electron chi connectivity index (χ3n) is 12.1. The average molecular weight is 908 g/mol. The molecule has 63 heavy (non-hydrogen) atoms. The van der Waals surface area contributed by atoms with Gasteiger partial charge in [0.05, 0.1) is 13.2 Å². The van der Waals surface area contributed by atoms with Gasteiger partial charge in [-0.2, -0.15) is 0 Å². The highest BCUT2D eigenvalue weighted by Gasteiger charge is 2.26. The van der Waals surface area contributed by atoms with Crippen LogP contribution in [-0.2, 0) is 58.4 Å². The third-order valence-corrected chi connectivity index (χ3v) is 13.1. The summed E-state index contributed by atoms with van der Waals surface area (Å²) >= 11 is 0. The molecule has 0 spiro atoms. The summed E-state index contributed by atoms with van der Waals surface area (Å²) in [6.45, 7) is 10.7. The molecule has 2 atom stereocenters. The first kappa shape index (κ1) is 56.7. The average Bonchev–Trinajstić information content (AvgIpc) is 3.75. The molecule has 1 unspecified atom stereocenters. The number of likely N-dealkylation sites (N-methyl/N-ethyl adjacent to an activating group) is 1. The van der Waals surface area contributed by atoms with E-state index in [0.717, 1.165) is 88.6 Å². The molecule has 2 heterocycles. The number of ether oxygens (including phenoxy) is 2. The van der Waals surface area contributed by atoms with Crippen LogP contribution < -0.4 is 5.32 Å². The fourth-order valence-electron chi connectivity index (χ4n) is 7.92. The molecule has 2 aromatic rings. The predicted molar refractivity (Wildman–Crippen MR) is 254 cm³/mol. The van der Waals surface area contributed by atoms with Gasteiger partial charge in [-0.15, -0.1) is 0 Å². The van der Waals surface area contributed by atoms with E-state index in [1.54, 1.807) is 7.05 Å². The maximum absolute atomic E-state index is 12.7. The van der Waals surface area contributed by atoms with Crippen molar-refractivity contribution < 1.29 is 46.4 Å². The zero-order chi connectivity index (χ0) is 46.0. The van der Waals surface area contributed by atoms with Gasteiger partial charge in [-0.3, -0.25) is 18.6 Å². The number of phosphoric ester groups is 1. The zero-order valence-corrected chi connectivity index (χ0v) is 41.7. The molecule has 2 aromatic heterocycles. The Labute approximate surface area is 382 Å². The van der Waals surface area contributed by atoms with Gasteiger partial charge in [0.2, 0.25) is 0 Å². The lowest BCUT2D eigenvalue weighted by atomic mass is 10.0. The predicted octanol–water partition coefficient (Wildman–Crippen LogP) is 13.7. The maximum Gasteiger partial charge on any atom is 0.472 e. The standard InChI is InChI=1S/C51H90NO10P/c1-7-9-25-31-45-39-42(3)47(60-45)32-27-21-17-13-11-12-14-20-24-30-36-51(54)61-46(41-59-63(55,56)58-38-37-52-6)40-57-50(53)35-29-23-19-16-15-18-22-28-34-49-44(5)43(4)48(62-49)33-26-10-8-2/h39,46,52H,7-38,40-41H2,1-6H3,(H,55,56)/t46-/m1/s1. The molecule has 12 heteroatoms. The minimum Gasteiger partial charge on any atom is -0.466 e. The largest absolute Gasteiger partial charge is 0.472 e. The quantitative estimate of drug-likeness (QED) is 0.0373. The highest BCUT2D eigenvalue weighted by molar-refractivity contribution is 7.47. The van der Waals surface area contributed by atoms with Crippen LogP contribution in [0.3, 0.4) is 0 Å². The lowest BCUT2D eigenvalue weighted by Gasteiger charge is -2.20. The smallest absolute Gasteiger partial charge is 0.466 e. The van der Waals surface area contributed by atoms with Crippen molar-refractivity contribution in [2.24, 2.45) is 0 Å². The van der Waals surface area contributed by atoms with Crippen LogP contribution in [0.1, 0.15) is 221 Å². The number of rotatable bonds is 42.